The van der Waals surface area contributed by atoms with Gasteiger partial charge in [0.2, 0.25) is 0 Å². The van der Waals surface area contributed by atoms with E-state index in [2.05, 4.69) is 51.7 Å². The Morgan fingerprint density at radius 1 is 0.923 bits per heavy atom. The Hall–Kier alpha value is -3.77. The summed E-state index contributed by atoms with van der Waals surface area (Å²) in [4.78, 5) is 33.3. The molecule has 5 nitrogen and oxygen atoms in total. The zero-order chi connectivity index (χ0) is 27.9. The highest BCUT2D eigenvalue weighted by molar-refractivity contribution is 7.81. The van der Waals surface area contributed by atoms with Crippen LogP contribution < -0.4 is 14.7 Å². The van der Waals surface area contributed by atoms with Crippen LogP contribution in [-0.4, -0.2) is 29.0 Å². The number of carbonyl (C=O) groups is 2. The van der Waals surface area contributed by atoms with E-state index >= 15 is 0 Å². The Kier molecular flexibility index (Phi) is 7.17. The van der Waals surface area contributed by atoms with Gasteiger partial charge in [-0.2, -0.15) is 0 Å². The van der Waals surface area contributed by atoms with Crippen LogP contribution >= 0.6 is 12.2 Å². The van der Waals surface area contributed by atoms with Crippen LogP contribution in [0.3, 0.4) is 0 Å². The van der Waals surface area contributed by atoms with E-state index in [9.17, 15) is 9.59 Å². The molecule has 5 rings (SSSR count). The van der Waals surface area contributed by atoms with Gasteiger partial charge in [-0.05, 0) is 111 Å². The molecule has 0 spiro atoms. The maximum atomic E-state index is 13.9. The summed E-state index contributed by atoms with van der Waals surface area (Å²) in [6.07, 6.45) is 3.86. The maximum absolute atomic E-state index is 13.9. The third-order valence-corrected chi connectivity index (χ3v) is 8.16. The summed E-state index contributed by atoms with van der Waals surface area (Å²) in [5.41, 5.74) is 5.81. The van der Waals surface area contributed by atoms with Gasteiger partial charge in [0, 0.05) is 17.8 Å². The molecular weight excluding hydrogens is 502 g/mol. The minimum absolute atomic E-state index is 0.0617. The molecule has 2 aliphatic heterocycles. The van der Waals surface area contributed by atoms with Crippen LogP contribution in [0.4, 0.5) is 17.1 Å². The smallest absolute Gasteiger partial charge is 0.270 e. The van der Waals surface area contributed by atoms with Gasteiger partial charge in [-0.1, -0.05) is 50.2 Å². The summed E-state index contributed by atoms with van der Waals surface area (Å²) >= 11 is 5.74. The number of aryl methyl sites for hydroxylation is 1. The summed E-state index contributed by atoms with van der Waals surface area (Å²) in [6.45, 7) is 12.1. The van der Waals surface area contributed by atoms with Crippen LogP contribution in [-0.2, 0) is 9.59 Å². The van der Waals surface area contributed by atoms with Gasteiger partial charge < -0.3 is 4.90 Å². The fourth-order valence-corrected chi connectivity index (χ4v) is 6.32. The maximum Gasteiger partial charge on any atom is 0.270 e. The largest absolute Gasteiger partial charge is 0.366 e. The van der Waals surface area contributed by atoms with Gasteiger partial charge >= 0.3 is 0 Å². The summed E-state index contributed by atoms with van der Waals surface area (Å²) < 4.78 is 0. The standard InChI is InChI=1S/C33H35N3O2S/c1-6-17-34-29-18-22(2)24(19-27(29)23(3)21-33(34,4)5)20-28-30(37)35(25-13-9-7-10-14-25)32(39)36(31(28)38)26-15-11-8-12-16-26/h7-16,18-20,23H,6,17,21H2,1-5H3. The first-order valence-electron chi connectivity index (χ1n) is 13.6. The number of carbonyl (C=O) groups excluding carboxylic acids is 2. The monoisotopic (exact) mass is 537 g/mol. The predicted molar refractivity (Wildman–Crippen MR) is 164 cm³/mol. The van der Waals surface area contributed by atoms with Gasteiger partial charge in [-0.25, -0.2) is 0 Å². The predicted octanol–water partition coefficient (Wildman–Crippen LogP) is 7.25. The van der Waals surface area contributed by atoms with Crippen molar-refractivity contribution in [3.8, 4) is 0 Å². The van der Waals surface area contributed by atoms with Crippen LogP contribution in [0.15, 0.2) is 78.4 Å². The lowest BCUT2D eigenvalue weighted by molar-refractivity contribution is -0.120. The summed E-state index contributed by atoms with van der Waals surface area (Å²) in [5, 5.41) is 0.146. The van der Waals surface area contributed by atoms with E-state index in [0.717, 1.165) is 30.5 Å². The second-order valence-electron chi connectivity index (χ2n) is 11.1. The molecule has 2 heterocycles. The first-order chi connectivity index (χ1) is 18.6. The molecule has 1 unspecified atom stereocenters. The van der Waals surface area contributed by atoms with E-state index in [-0.39, 0.29) is 16.2 Å². The number of nitrogens with zero attached hydrogens (tertiary/aromatic N) is 3. The van der Waals surface area contributed by atoms with Crippen molar-refractivity contribution in [2.24, 2.45) is 0 Å². The van der Waals surface area contributed by atoms with E-state index < -0.39 is 11.8 Å². The lowest BCUT2D eigenvalue weighted by Crippen LogP contribution is -2.56. The molecule has 2 aliphatic rings. The molecule has 0 bridgehead atoms. The minimum Gasteiger partial charge on any atom is -0.366 e. The van der Waals surface area contributed by atoms with Gasteiger partial charge in [0.1, 0.15) is 5.57 Å². The number of anilines is 3. The van der Waals surface area contributed by atoms with Crippen LogP contribution in [0.2, 0.25) is 0 Å². The number of para-hydroxylation sites is 2. The molecule has 3 aromatic rings. The van der Waals surface area contributed by atoms with Gasteiger partial charge in [0.25, 0.3) is 11.8 Å². The van der Waals surface area contributed by atoms with Gasteiger partial charge in [0.15, 0.2) is 5.11 Å². The fourth-order valence-electron chi connectivity index (χ4n) is 5.95. The molecule has 0 N–H and O–H groups in total. The highest BCUT2D eigenvalue weighted by Gasteiger charge is 2.41. The lowest BCUT2D eigenvalue weighted by atomic mass is 9.78. The van der Waals surface area contributed by atoms with Gasteiger partial charge in [-0.3, -0.25) is 19.4 Å². The Bertz CT molecular complexity index is 1400. The third-order valence-electron chi connectivity index (χ3n) is 7.80. The number of fused-ring (bicyclic) bond motifs is 1. The van der Waals surface area contributed by atoms with Crippen molar-refractivity contribution in [1.29, 1.82) is 0 Å². The second-order valence-corrected chi connectivity index (χ2v) is 11.5. The number of hydrogen-bond acceptors (Lipinski definition) is 4. The molecule has 0 saturated carbocycles. The zero-order valence-electron chi connectivity index (χ0n) is 23.3. The molecular formula is C33H35N3O2S. The van der Waals surface area contributed by atoms with Crippen LogP contribution in [0.5, 0.6) is 0 Å². The number of hydrogen-bond donors (Lipinski definition) is 0. The fraction of sp³-hybridized carbons (Fsp3) is 0.303. The molecule has 2 amide bonds. The number of amides is 2. The average molecular weight is 538 g/mol. The Balaban J connectivity index is 1.65. The number of benzene rings is 3. The SMILES string of the molecule is CCCN1c2cc(C)c(C=C3C(=O)N(c4ccccc4)C(=S)N(c4ccccc4)C3=O)cc2C(C)CC1(C)C. The molecule has 0 radical (unpaired) electrons. The lowest BCUT2D eigenvalue weighted by Gasteiger charge is -2.48. The summed E-state index contributed by atoms with van der Waals surface area (Å²) in [7, 11) is 0. The third kappa shape index (κ3) is 4.78. The first-order valence-corrected chi connectivity index (χ1v) is 14.0. The number of rotatable bonds is 5. The Labute approximate surface area is 236 Å². The highest BCUT2D eigenvalue weighted by Crippen LogP contribution is 2.45. The molecule has 0 aromatic heterocycles. The van der Waals surface area contributed by atoms with E-state index in [1.807, 2.05) is 60.7 Å². The van der Waals surface area contributed by atoms with E-state index in [0.29, 0.717) is 17.3 Å². The molecule has 1 atom stereocenters. The minimum atomic E-state index is -0.415. The van der Waals surface area contributed by atoms with Crippen molar-refractivity contribution < 1.29 is 9.59 Å². The topological polar surface area (TPSA) is 43.9 Å². The van der Waals surface area contributed by atoms with Gasteiger partial charge in [0.05, 0.1) is 11.4 Å². The van der Waals surface area contributed by atoms with Crippen molar-refractivity contribution in [1.82, 2.24) is 0 Å². The van der Waals surface area contributed by atoms with E-state index in [1.165, 1.54) is 21.1 Å². The number of thiocarbonyl (C=S) groups is 1. The molecule has 1 fully saturated rings. The van der Waals surface area contributed by atoms with E-state index in [1.54, 1.807) is 6.08 Å². The summed E-state index contributed by atoms with van der Waals surface area (Å²) in [5.74, 6) is -0.475. The van der Waals surface area contributed by atoms with Crippen LogP contribution in [0, 0.1) is 6.92 Å². The van der Waals surface area contributed by atoms with Crippen LogP contribution in [0.1, 0.15) is 63.1 Å². The quantitative estimate of drug-likeness (QED) is 0.195. The van der Waals surface area contributed by atoms with Crippen molar-refractivity contribution in [2.45, 2.75) is 58.9 Å². The molecule has 3 aromatic carbocycles. The molecule has 6 heteroatoms. The van der Waals surface area contributed by atoms with Crippen molar-refractivity contribution in [2.75, 3.05) is 21.2 Å². The van der Waals surface area contributed by atoms with Crippen molar-refractivity contribution in [3.63, 3.8) is 0 Å². The second kappa shape index (κ2) is 10.4. The molecule has 1 saturated heterocycles. The van der Waals surface area contributed by atoms with Crippen molar-refractivity contribution in [3.05, 3.63) is 95.1 Å². The molecule has 0 aliphatic carbocycles. The first kappa shape index (κ1) is 26.8. The normalized spacial score (nSPS) is 18.9. The van der Waals surface area contributed by atoms with Gasteiger partial charge in [-0.15, -0.1) is 0 Å². The average Bonchev–Trinajstić information content (AvgIpc) is 2.90. The molecule has 39 heavy (non-hydrogen) atoms. The van der Waals surface area contributed by atoms with E-state index in [4.69, 9.17) is 12.2 Å². The van der Waals surface area contributed by atoms with Crippen LogP contribution in [0.25, 0.3) is 6.08 Å². The zero-order valence-corrected chi connectivity index (χ0v) is 24.1. The summed E-state index contributed by atoms with van der Waals surface area (Å²) in [6, 6.07) is 22.9. The Morgan fingerprint density at radius 3 is 1.97 bits per heavy atom. The molecule has 200 valence electrons. The van der Waals surface area contributed by atoms with Crippen molar-refractivity contribution >= 4 is 52.3 Å². The Morgan fingerprint density at radius 2 is 1.46 bits per heavy atom. The highest BCUT2D eigenvalue weighted by atomic mass is 32.1.